The number of carbonyl (C=O) groups is 1. The van der Waals surface area contributed by atoms with E-state index in [4.69, 9.17) is 0 Å². The van der Waals surface area contributed by atoms with Crippen molar-refractivity contribution < 1.29 is 13.2 Å². The number of hydrogen-bond donors (Lipinski definition) is 1. The first-order valence-electron chi connectivity index (χ1n) is 8.23. The predicted molar refractivity (Wildman–Crippen MR) is 88.6 cm³/mol. The fourth-order valence-corrected chi connectivity index (χ4v) is 5.10. The average molecular weight is 336 g/mol. The van der Waals surface area contributed by atoms with Crippen molar-refractivity contribution in [2.45, 2.75) is 50.5 Å². The molecule has 1 aromatic rings. The highest BCUT2D eigenvalue weighted by molar-refractivity contribution is 7.89. The van der Waals surface area contributed by atoms with Crippen LogP contribution in [-0.2, 0) is 14.8 Å². The molecule has 1 saturated carbocycles. The monoisotopic (exact) mass is 336 g/mol. The zero-order valence-corrected chi connectivity index (χ0v) is 14.5. The van der Waals surface area contributed by atoms with E-state index >= 15 is 0 Å². The smallest absolute Gasteiger partial charge is 0.240 e. The summed E-state index contributed by atoms with van der Waals surface area (Å²) in [5.41, 5.74) is 1.62. The summed E-state index contributed by atoms with van der Waals surface area (Å²) in [6.45, 7) is 4.65. The van der Waals surface area contributed by atoms with Crippen LogP contribution in [-0.4, -0.2) is 38.4 Å². The number of benzene rings is 1. The van der Waals surface area contributed by atoms with Gasteiger partial charge in [0, 0.05) is 25.6 Å². The van der Waals surface area contributed by atoms with E-state index in [9.17, 15) is 13.2 Å². The first kappa shape index (κ1) is 16.5. The van der Waals surface area contributed by atoms with Crippen LogP contribution in [0.5, 0.6) is 0 Å². The SMILES string of the molecule is Cc1ccc(C)c(S(=O)(=O)NCCC(=O)N2CC3CCC2C3)c1. The topological polar surface area (TPSA) is 66.5 Å². The molecule has 0 aromatic heterocycles. The fourth-order valence-electron chi connectivity index (χ4n) is 3.74. The lowest BCUT2D eigenvalue weighted by Gasteiger charge is -2.27. The first-order valence-corrected chi connectivity index (χ1v) is 9.71. The molecule has 0 radical (unpaired) electrons. The third-order valence-corrected chi connectivity index (χ3v) is 6.60. The van der Waals surface area contributed by atoms with Gasteiger partial charge < -0.3 is 4.90 Å². The molecule has 1 aliphatic carbocycles. The highest BCUT2D eigenvalue weighted by atomic mass is 32.2. The number of rotatable bonds is 5. The van der Waals surface area contributed by atoms with Gasteiger partial charge in [-0.15, -0.1) is 0 Å². The lowest BCUT2D eigenvalue weighted by atomic mass is 10.1. The van der Waals surface area contributed by atoms with Crippen LogP contribution in [0.25, 0.3) is 0 Å². The summed E-state index contributed by atoms with van der Waals surface area (Å²) in [5.74, 6) is 0.733. The van der Waals surface area contributed by atoms with Gasteiger partial charge in [0.05, 0.1) is 4.90 Å². The molecular weight excluding hydrogens is 312 g/mol. The van der Waals surface area contributed by atoms with Crippen molar-refractivity contribution >= 4 is 15.9 Å². The van der Waals surface area contributed by atoms with Gasteiger partial charge in [0.2, 0.25) is 15.9 Å². The number of nitrogens with one attached hydrogen (secondary N) is 1. The van der Waals surface area contributed by atoms with Crippen LogP contribution in [0.3, 0.4) is 0 Å². The Balaban J connectivity index is 1.57. The number of piperidine rings is 1. The van der Waals surface area contributed by atoms with Gasteiger partial charge in [-0.1, -0.05) is 12.1 Å². The Labute approximate surface area is 138 Å². The van der Waals surface area contributed by atoms with Crippen LogP contribution < -0.4 is 4.72 Å². The Kier molecular flexibility index (Phi) is 4.47. The molecule has 1 amide bonds. The molecule has 2 unspecified atom stereocenters. The quantitative estimate of drug-likeness (QED) is 0.894. The summed E-state index contributed by atoms with van der Waals surface area (Å²) < 4.78 is 27.4. The molecule has 2 aliphatic rings. The van der Waals surface area contributed by atoms with Crippen molar-refractivity contribution in [3.05, 3.63) is 29.3 Å². The number of amides is 1. The molecule has 2 fully saturated rings. The molecule has 23 heavy (non-hydrogen) atoms. The minimum absolute atomic E-state index is 0.0702. The van der Waals surface area contributed by atoms with E-state index in [-0.39, 0.29) is 18.9 Å². The maximum absolute atomic E-state index is 12.4. The van der Waals surface area contributed by atoms with Crippen LogP contribution in [0.4, 0.5) is 0 Å². The van der Waals surface area contributed by atoms with Crippen molar-refractivity contribution in [2.24, 2.45) is 5.92 Å². The standard InChI is InChI=1S/C17H24N2O3S/c1-12-3-4-13(2)16(9-12)23(21,22)18-8-7-17(20)19-11-14-5-6-15(19)10-14/h3-4,9,14-15,18H,5-8,10-11H2,1-2H3. The zero-order chi connectivity index (χ0) is 16.6. The maximum Gasteiger partial charge on any atom is 0.240 e. The molecule has 0 spiro atoms. The molecule has 1 N–H and O–H groups in total. The summed E-state index contributed by atoms with van der Waals surface area (Å²) in [5, 5.41) is 0. The molecule has 5 nitrogen and oxygen atoms in total. The van der Waals surface area contributed by atoms with Crippen molar-refractivity contribution in [3.63, 3.8) is 0 Å². The molecule has 126 valence electrons. The highest BCUT2D eigenvalue weighted by Gasteiger charge is 2.39. The number of nitrogens with zero attached hydrogens (tertiary/aromatic N) is 1. The second kappa shape index (κ2) is 6.24. The second-order valence-corrected chi connectivity index (χ2v) is 8.53. The number of likely N-dealkylation sites (tertiary alicyclic amines) is 1. The van der Waals surface area contributed by atoms with E-state index in [1.165, 1.54) is 6.42 Å². The van der Waals surface area contributed by atoms with Crippen LogP contribution in [0.1, 0.15) is 36.8 Å². The predicted octanol–water partition coefficient (Wildman–Crippen LogP) is 1.98. The van der Waals surface area contributed by atoms with Gasteiger partial charge in [-0.2, -0.15) is 0 Å². The minimum atomic E-state index is -3.56. The van der Waals surface area contributed by atoms with Gasteiger partial charge in [0.1, 0.15) is 0 Å². The van der Waals surface area contributed by atoms with Crippen molar-refractivity contribution in [2.75, 3.05) is 13.1 Å². The zero-order valence-electron chi connectivity index (χ0n) is 13.7. The van der Waals surface area contributed by atoms with Crippen LogP contribution >= 0.6 is 0 Å². The summed E-state index contributed by atoms with van der Waals surface area (Å²) in [6, 6.07) is 5.75. The van der Waals surface area contributed by atoms with Crippen molar-refractivity contribution in [3.8, 4) is 0 Å². The van der Waals surface area contributed by atoms with E-state index in [1.54, 1.807) is 19.1 Å². The van der Waals surface area contributed by atoms with Crippen LogP contribution in [0, 0.1) is 19.8 Å². The van der Waals surface area contributed by atoms with Gasteiger partial charge in [0.25, 0.3) is 0 Å². The first-order chi connectivity index (χ1) is 10.9. The third-order valence-electron chi connectivity index (χ3n) is 4.99. The van der Waals surface area contributed by atoms with E-state index < -0.39 is 10.0 Å². The number of aryl methyl sites for hydroxylation is 2. The number of hydrogen-bond acceptors (Lipinski definition) is 3. The number of sulfonamides is 1. The molecule has 2 atom stereocenters. The Morgan fingerprint density at radius 3 is 2.74 bits per heavy atom. The van der Waals surface area contributed by atoms with E-state index in [2.05, 4.69) is 4.72 Å². The van der Waals surface area contributed by atoms with Gasteiger partial charge >= 0.3 is 0 Å². The highest BCUT2D eigenvalue weighted by Crippen LogP contribution is 2.37. The van der Waals surface area contributed by atoms with Crippen LogP contribution in [0.15, 0.2) is 23.1 Å². The number of carbonyl (C=O) groups excluding carboxylic acids is 1. The Morgan fingerprint density at radius 1 is 1.30 bits per heavy atom. The normalized spacial score (nSPS) is 23.5. The number of fused-ring (bicyclic) bond motifs is 2. The van der Waals surface area contributed by atoms with Crippen molar-refractivity contribution in [1.29, 1.82) is 0 Å². The van der Waals surface area contributed by atoms with E-state index in [0.717, 1.165) is 24.9 Å². The second-order valence-electron chi connectivity index (χ2n) is 6.80. The Hall–Kier alpha value is -1.40. The van der Waals surface area contributed by atoms with Gasteiger partial charge in [-0.3, -0.25) is 4.79 Å². The average Bonchev–Trinajstić information content (AvgIpc) is 3.12. The molecule has 1 aliphatic heterocycles. The third kappa shape index (κ3) is 3.43. The molecular formula is C17H24N2O3S. The van der Waals surface area contributed by atoms with Crippen molar-refractivity contribution in [1.82, 2.24) is 9.62 Å². The van der Waals surface area contributed by atoms with E-state index in [1.807, 2.05) is 17.9 Å². The Bertz CT molecular complexity index is 715. The lowest BCUT2D eigenvalue weighted by Crippen LogP contribution is -2.39. The maximum atomic E-state index is 12.4. The summed E-state index contributed by atoms with van der Waals surface area (Å²) in [7, 11) is -3.56. The molecule has 1 heterocycles. The summed E-state index contributed by atoms with van der Waals surface area (Å²) >= 11 is 0. The fraction of sp³-hybridized carbons (Fsp3) is 0.588. The Morgan fingerprint density at radius 2 is 2.09 bits per heavy atom. The molecule has 3 rings (SSSR count). The minimum Gasteiger partial charge on any atom is -0.339 e. The van der Waals surface area contributed by atoms with Gasteiger partial charge in [-0.05, 0) is 56.2 Å². The largest absolute Gasteiger partial charge is 0.339 e. The summed E-state index contributed by atoms with van der Waals surface area (Å²) in [4.78, 5) is 14.5. The lowest BCUT2D eigenvalue weighted by molar-refractivity contribution is -0.132. The van der Waals surface area contributed by atoms with Gasteiger partial charge in [0.15, 0.2) is 0 Å². The summed E-state index contributed by atoms with van der Waals surface area (Å²) in [6.07, 6.45) is 3.69. The van der Waals surface area contributed by atoms with Crippen LogP contribution in [0.2, 0.25) is 0 Å². The molecule has 1 aromatic carbocycles. The van der Waals surface area contributed by atoms with Gasteiger partial charge in [-0.25, -0.2) is 13.1 Å². The molecule has 2 bridgehead atoms. The molecule has 6 heteroatoms. The van der Waals surface area contributed by atoms with E-state index in [0.29, 0.717) is 22.4 Å². The molecule has 1 saturated heterocycles.